The van der Waals surface area contributed by atoms with Gasteiger partial charge in [-0.2, -0.15) is 4.98 Å². The molecule has 0 spiro atoms. The number of carbonyl (C=O) groups excluding carboxylic acids is 1. The van der Waals surface area contributed by atoms with Gasteiger partial charge in [-0.1, -0.05) is 12.1 Å². The third kappa shape index (κ3) is 2.26. The van der Waals surface area contributed by atoms with Crippen LogP contribution in [0.5, 0.6) is 0 Å². The van der Waals surface area contributed by atoms with Crippen molar-refractivity contribution in [2.75, 3.05) is 30.4 Å². The van der Waals surface area contributed by atoms with Crippen molar-refractivity contribution < 1.29 is 4.79 Å². The Morgan fingerprint density at radius 2 is 2.14 bits per heavy atom. The zero-order valence-corrected chi connectivity index (χ0v) is 12.3. The molecule has 2 heterocycles. The van der Waals surface area contributed by atoms with E-state index >= 15 is 0 Å². The van der Waals surface area contributed by atoms with Crippen molar-refractivity contribution in [3.8, 4) is 0 Å². The van der Waals surface area contributed by atoms with E-state index in [1.54, 1.807) is 7.05 Å². The van der Waals surface area contributed by atoms with Crippen molar-refractivity contribution in [1.82, 2.24) is 9.97 Å². The molecule has 0 aliphatic carbocycles. The van der Waals surface area contributed by atoms with Crippen molar-refractivity contribution in [1.29, 1.82) is 0 Å². The van der Waals surface area contributed by atoms with Crippen LogP contribution in [0.2, 0.25) is 0 Å². The Bertz CT molecular complexity index is 702. The summed E-state index contributed by atoms with van der Waals surface area (Å²) in [7, 11) is 1.80. The summed E-state index contributed by atoms with van der Waals surface area (Å²) < 4.78 is 0. The van der Waals surface area contributed by atoms with E-state index in [1.807, 2.05) is 31.2 Å². The van der Waals surface area contributed by atoms with Gasteiger partial charge in [-0.3, -0.25) is 4.79 Å². The largest absolute Gasteiger partial charge is 0.369 e. The summed E-state index contributed by atoms with van der Waals surface area (Å²) in [6, 6.07) is 7.89. The maximum absolute atomic E-state index is 11.6. The summed E-state index contributed by atoms with van der Waals surface area (Å²) in [5, 5.41) is 3.98. The highest BCUT2D eigenvalue weighted by Crippen LogP contribution is 2.35. The number of nitrogens with zero attached hydrogens (tertiary/aromatic N) is 3. The molecule has 1 fully saturated rings. The number of primary amides is 1. The summed E-state index contributed by atoms with van der Waals surface area (Å²) >= 11 is 0. The molecule has 1 aliphatic heterocycles. The Balaban J connectivity index is 2.06. The molecular formula is C15H19N5O. The minimum Gasteiger partial charge on any atom is -0.369 e. The van der Waals surface area contributed by atoms with Crippen LogP contribution in [0.1, 0.15) is 13.3 Å². The van der Waals surface area contributed by atoms with Gasteiger partial charge in [-0.15, -0.1) is 0 Å². The van der Waals surface area contributed by atoms with Crippen molar-refractivity contribution in [2.45, 2.75) is 13.3 Å². The lowest BCUT2D eigenvalue weighted by Gasteiger charge is -2.23. The number of hydrogen-bond donors (Lipinski definition) is 2. The van der Waals surface area contributed by atoms with Gasteiger partial charge in [0, 0.05) is 25.5 Å². The van der Waals surface area contributed by atoms with Crippen LogP contribution in [-0.2, 0) is 4.79 Å². The first kappa shape index (κ1) is 13.6. The number of carbonyl (C=O) groups is 1. The zero-order chi connectivity index (χ0) is 15.0. The monoisotopic (exact) mass is 285 g/mol. The van der Waals surface area contributed by atoms with Crippen LogP contribution < -0.4 is 16.0 Å². The van der Waals surface area contributed by atoms with E-state index in [0.717, 1.165) is 29.7 Å². The fourth-order valence-electron chi connectivity index (χ4n) is 2.76. The van der Waals surface area contributed by atoms with Gasteiger partial charge < -0.3 is 16.0 Å². The molecule has 1 aliphatic rings. The molecule has 21 heavy (non-hydrogen) atoms. The molecule has 6 nitrogen and oxygen atoms in total. The topological polar surface area (TPSA) is 84.1 Å². The van der Waals surface area contributed by atoms with Crippen LogP contribution in [0.25, 0.3) is 10.9 Å². The molecule has 0 saturated carbocycles. The molecule has 3 rings (SSSR count). The molecule has 1 atom stereocenters. The van der Waals surface area contributed by atoms with Crippen molar-refractivity contribution >= 4 is 28.6 Å². The molecule has 1 saturated heterocycles. The lowest BCUT2D eigenvalue weighted by Crippen LogP contribution is -2.37. The SMILES string of the molecule is CNc1nc(N2CCC(C)(C(N)=O)C2)c2ccccc2n1. The number of nitrogens with two attached hydrogens (primary N) is 1. The number of rotatable bonds is 3. The average molecular weight is 285 g/mol. The fraction of sp³-hybridized carbons (Fsp3) is 0.400. The van der Waals surface area contributed by atoms with Gasteiger partial charge in [0.25, 0.3) is 0 Å². The smallest absolute Gasteiger partial charge is 0.225 e. The van der Waals surface area contributed by atoms with E-state index in [0.29, 0.717) is 12.5 Å². The maximum atomic E-state index is 11.6. The Kier molecular flexibility index (Phi) is 3.16. The predicted octanol–water partition coefficient (Wildman–Crippen LogP) is 1.37. The number of aromatic nitrogens is 2. The van der Waals surface area contributed by atoms with E-state index < -0.39 is 5.41 Å². The summed E-state index contributed by atoms with van der Waals surface area (Å²) in [6.07, 6.45) is 0.746. The molecule has 2 aromatic rings. The number of nitrogens with one attached hydrogen (secondary N) is 1. The van der Waals surface area contributed by atoms with Gasteiger partial charge >= 0.3 is 0 Å². The first-order valence-corrected chi connectivity index (χ1v) is 7.03. The number of hydrogen-bond acceptors (Lipinski definition) is 5. The first-order chi connectivity index (χ1) is 10.0. The number of anilines is 2. The molecule has 1 aromatic heterocycles. The summed E-state index contributed by atoms with van der Waals surface area (Å²) in [5.74, 6) is 1.18. The quantitative estimate of drug-likeness (QED) is 0.890. The van der Waals surface area contributed by atoms with Crippen LogP contribution in [0, 0.1) is 5.41 Å². The van der Waals surface area contributed by atoms with Crippen LogP contribution in [0.15, 0.2) is 24.3 Å². The number of benzene rings is 1. The minimum atomic E-state index is -0.494. The highest BCUT2D eigenvalue weighted by molar-refractivity contribution is 5.91. The van der Waals surface area contributed by atoms with E-state index in [1.165, 1.54) is 0 Å². The molecule has 0 radical (unpaired) electrons. The second kappa shape index (κ2) is 4.87. The van der Waals surface area contributed by atoms with Gasteiger partial charge in [0.1, 0.15) is 5.82 Å². The molecule has 1 unspecified atom stereocenters. The van der Waals surface area contributed by atoms with E-state index in [4.69, 9.17) is 5.73 Å². The average Bonchev–Trinajstić information content (AvgIpc) is 2.90. The normalized spacial score (nSPS) is 21.7. The van der Waals surface area contributed by atoms with Gasteiger partial charge in [-0.25, -0.2) is 4.98 Å². The Morgan fingerprint density at radius 3 is 2.81 bits per heavy atom. The lowest BCUT2D eigenvalue weighted by molar-refractivity contribution is -0.125. The maximum Gasteiger partial charge on any atom is 0.225 e. The third-order valence-electron chi connectivity index (χ3n) is 4.17. The van der Waals surface area contributed by atoms with Crippen LogP contribution in [-0.4, -0.2) is 36.0 Å². The van der Waals surface area contributed by atoms with Gasteiger partial charge in [0.15, 0.2) is 0 Å². The van der Waals surface area contributed by atoms with Crippen molar-refractivity contribution in [3.63, 3.8) is 0 Å². The third-order valence-corrected chi connectivity index (χ3v) is 4.17. The summed E-state index contributed by atoms with van der Waals surface area (Å²) in [5.41, 5.74) is 5.92. The molecule has 6 heteroatoms. The Hall–Kier alpha value is -2.37. The second-order valence-corrected chi connectivity index (χ2v) is 5.73. The van der Waals surface area contributed by atoms with Crippen LogP contribution >= 0.6 is 0 Å². The molecule has 0 bridgehead atoms. The number of para-hydroxylation sites is 1. The Morgan fingerprint density at radius 1 is 1.38 bits per heavy atom. The first-order valence-electron chi connectivity index (χ1n) is 7.03. The second-order valence-electron chi connectivity index (χ2n) is 5.73. The lowest BCUT2D eigenvalue weighted by atomic mass is 9.89. The zero-order valence-electron chi connectivity index (χ0n) is 12.3. The van der Waals surface area contributed by atoms with Crippen LogP contribution in [0.3, 0.4) is 0 Å². The van der Waals surface area contributed by atoms with E-state index in [9.17, 15) is 4.79 Å². The molecule has 1 aromatic carbocycles. The standard InChI is InChI=1S/C15H19N5O/c1-15(13(16)21)7-8-20(9-15)12-10-5-3-4-6-11(10)18-14(17-2)19-12/h3-6H,7-9H2,1-2H3,(H2,16,21)(H,17,18,19). The van der Waals surface area contributed by atoms with E-state index in [2.05, 4.69) is 20.2 Å². The van der Waals surface area contributed by atoms with Crippen molar-refractivity contribution in [2.24, 2.45) is 11.1 Å². The van der Waals surface area contributed by atoms with E-state index in [-0.39, 0.29) is 5.91 Å². The Labute approximate surface area is 123 Å². The summed E-state index contributed by atoms with van der Waals surface area (Å²) in [6.45, 7) is 3.27. The molecule has 110 valence electrons. The predicted molar refractivity (Wildman–Crippen MR) is 83.2 cm³/mol. The number of fused-ring (bicyclic) bond motifs is 1. The van der Waals surface area contributed by atoms with Gasteiger partial charge in [0.05, 0.1) is 10.9 Å². The van der Waals surface area contributed by atoms with Crippen LogP contribution in [0.4, 0.5) is 11.8 Å². The van der Waals surface area contributed by atoms with Gasteiger partial charge in [-0.05, 0) is 25.5 Å². The molecular weight excluding hydrogens is 266 g/mol. The number of amides is 1. The highest BCUT2D eigenvalue weighted by atomic mass is 16.1. The molecule has 3 N–H and O–H groups in total. The summed E-state index contributed by atoms with van der Waals surface area (Å²) in [4.78, 5) is 22.8. The molecule has 1 amide bonds. The highest BCUT2D eigenvalue weighted by Gasteiger charge is 2.39. The van der Waals surface area contributed by atoms with Gasteiger partial charge in [0.2, 0.25) is 11.9 Å². The fourth-order valence-corrected chi connectivity index (χ4v) is 2.76. The van der Waals surface area contributed by atoms with Crippen molar-refractivity contribution in [3.05, 3.63) is 24.3 Å². The minimum absolute atomic E-state index is 0.253.